The molecule has 234 valence electrons. The van der Waals surface area contributed by atoms with Crippen LogP contribution in [0, 0.1) is 0 Å². The van der Waals surface area contributed by atoms with Gasteiger partial charge in [-0.25, -0.2) is 19.9 Å². The maximum Gasteiger partial charge on any atom is 0.167 e. The second-order valence-electron chi connectivity index (χ2n) is 12.3. The molecule has 0 radical (unpaired) electrons. The molecule has 0 N–H and O–H groups in total. The standard InChI is InChI=1S/C44H26N4S2/c1-3-12-29(13-4-1)41-46-42(30-22-19-28(20-23-30)33-24-21-27-11-7-8-16-32(27)25-33)48-43(47-41)39-38-34-17-9-10-18-35(34)49-36(38)26-37-40(39)45-44(50-37)31-14-5-2-6-15-31/h1-26H. The van der Waals surface area contributed by atoms with Crippen LogP contribution in [0.1, 0.15) is 0 Å². The highest BCUT2D eigenvalue weighted by Gasteiger charge is 2.23. The van der Waals surface area contributed by atoms with Crippen LogP contribution < -0.4 is 0 Å². The van der Waals surface area contributed by atoms with Gasteiger partial charge in [0.15, 0.2) is 17.5 Å². The zero-order valence-corrected chi connectivity index (χ0v) is 28.2. The van der Waals surface area contributed by atoms with E-state index < -0.39 is 0 Å². The molecule has 10 aromatic rings. The largest absolute Gasteiger partial charge is 0.235 e. The summed E-state index contributed by atoms with van der Waals surface area (Å²) in [7, 11) is 0. The minimum absolute atomic E-state index is 0.622. The number of nitrogens with zero attached hydrogens (tertiary/aromatic N) is 4. The molecule has 0 aliphatic carbocycles. The monoisotopic (exact) mass is 674 g/mol. The second kappa shape index (κ2) is 11.8. The van der Waals surface area contributed by atoms with Crippen molar-refractivity contribution in [3.63, 3.8) is 0 Å². The molecular weight excluding hydrogens is 649 g/mol. The molecule has 0 aliphatic heterocycles. The fraction of sp³-hybridized carbons (Fsp3) is 0. The van der Waals surface area contributed by atoms with Gasteiger partial charge in [0.1, 0.15) is 5.01 Å². The summed E-state index contributed by atoms with van der Waals surface area (Å²) in [5, 5.41) is 5.75. The number of hydrogen-bond acceptors (Lipinski definition) is 6. The number of thiophene rings is 1. The van der Waals surface area contributed by atoms with E-state index in [2.05, 4.69) is 133 Å². The van der Waals surface area contributed by atoms with Crippen molar-refractivity contribution in [2.24, 2.45) is 0 Å². The Labute approximate surface area is 296 Å². The Morgan fingerprint density at radius 1 is 0.360 bits per heavy atom. The SMILES string of the molecule is c1ccc(-c2nc(-c3ccc(-c4ccc5ccccc5c4)cc3)nc(-c3c4nc(-c5ccccc5)sc4cc4sc5ccccc5c34)n2)cc1. The van der Waals surface area contributed by atoms with E-state index in [1.165, 1.54) is 31.1 Å². The first-order chi connectivity index (χ1) is 24.7. The predicted molar refractivity (Wildman–Crippen MR) is 211 cm³/mol. The molecule has 10 rings (SSSR count). The molecule has 7 aromatic carbocycles. The van der Waals surface area contributed by atoms with E-state index in [0.29, 0.717) is 17.5 Å². The lowest BCUT2D eigenvalue weighted by molar-refractivity contribution is 1.08. The summed E-state index contributed by atoms with van der Waals surface area (Å²) in [4.78, 5) is 20.8. The van der Waals surface area contributed by atoms with Crippen molar-refractivity contribution in [3.8, 4) is 55.9 Å². The Morgan fingerprint density at radius 3 is 1.74 bits per heavy atom. The van der Waals surface area contributed by atoms with Gasteiger partial charge in [0, 0.05) is 36.9 Å². The van der Waals surface area contributed by atoms with Crippen molar-refractivity contribution in [1.82, 2.24) is 19.9 Å². The lowest BCUT2D eigenvalue weighted by Gasteiger charge is -2.11. The molecule has 3 heterocycles. The highest BCUT2D eigenvalue weighted by Crippen LogP contribution is 2.46. The summed E-state index contributed by atoms with van der Waals surface area (Å²) < 4.78 is 3.53. The van der Waals surface area contributed by atoms with Crippen molar-refractivity contribution in [2.45, 2.75) is 0 Å². The number of fused-ring (bicyclic) bond motifs is 5. The molecule has 0 saturated carbocycles. The summed E-state index contributed by atoms with van der Waals surface area (Å²) in [5.74, 6) is 1.88. The molecular formula is C44H26N4S2. The summed E-state index contributed by atoms with van der Waals surface area (Å²) in [6.45, 7) is 0. The molecule has 0 spiro atoms. The predicted octanol–water partition coefficient (Wildman–Crippen LogP) is 12.3. The molecule has 0 amide bonds. The second-order valence-corrected chi connectivity index (χ2v) is 14.4. The van der Waals surface area contributed by atoms with Crippen molar-refractivity contribution in [2.75, 3.05) is 0 Å². The minimum Gasteiger partial charge on any atom is -0.235 e. The maximum atomic E-state index is 5.29. The molecule has 0 fully saturated rings. The van der Waals surface area contributed by atoms with Gasteiger partial charge < -0.3 is 0 Å². The van der Waals surface area contributed by atoms with Gasteiger partial charge in [0.05, 0.1) is 15.8 Å². The first kappa shape index (κ1) is 28.9. The normalized spacial score (nSPS) is 11.6. The Morgan fingerprint density at radius 2 is 0.960 bits per heavy atom. The molecule has 0 saturated heterocycles. The van der Waals surface area contributed by atoms with Crippen molar-refractivity contribution < 1.29 is 0 Å². The zero-order chi connectivity index (χ0) is 33.0. The van der Waals surface area contributed by atoms with Crippen LogP contribution >= 0.6 is 22.7 Å². The van der Waals surface area contributed by atoms with Gasteiger partial charge in [-0.1, -0.05) is 140 Å². The van der Waals surface area contributed by atoms with E-state index in [-0.39, 0.29) is 0 Å². The topological polar surface area (TPSA) is 51.6 Å². The van der Waals surface area contributed by atoms with Crippen molar-refractivity contribution >= 4 is 63.8 Å². The lowest BCUT2D eigenvalue weighted by Crippen LogP contribution is -2.01. The quantitative estimate of drug-likeness (QED) is 0.182. The highest BCUT2D eigenvalue weighted by atomic mass is 32.1. The first-order valence-electron chi connectivity index (χ1n) is 16.5. The average molecular weight is 675 g/mol. The highest BCUT2D eigenvalue weighted by molar-refractivity contribution is 7.27. The maximum absolute atomic E-state index is 5.29. The van der Waals surface area contributed by atoms with Crippen LogP contribution in [-0.2, 0) is 0 Å². The van der Waals surface area contributed by atoms with E-state index in [9.17, 15) is 0 Å². The van der Waals surface area contributed by atoms with Crippen LogP contribution in [0.25, 0.3) is 97.0 Å². The Bertz CT molecular complexity index is 2860. The van der Waals surface area contributed by atoms with Crippen LogP contribution in [0.4, 0.5) is 0 Å². The molecule has 0 aliphatic rings. The van der Waals surface area contributed by atoms with Crippen LogP contribution in [0.15, 0.2) is 158 Å². The molecule has 4 nitrogen and oxygen atoms in total. The van der Waals surface area contributed by atoms with Gasteiger partial charge in [-0.05, 0) is 40.1 Å². The number of benzene rings is 7. The van der Waals surface area contributed by atoms with E-state index in [1.807, 2.05) is 24.3 Å². The van der Waals surface area contributed by atoms with Crippen LogP contribution in [0.5, 0.6) is 0 Å². The number of aromatic nitrogens is 4. The van der Waals surface area contributed by atoms with E-state index in [0.717, 1.165) is 48.4 Å². The van der Waals surface area contributed by atoms with E-state index in [4.69, 9.17) is 19.9 Å². The van der Waals surface area contributed by atoms with Crippen molar-refractivity contribution in [3.05, 3.63) is 158 Å². The van der Waals surface area contributed by atoms with Gasteiger partial charge in [-0.3, -0.25) is 0 Å². The fourth-order valence-electron chi connectivity index (χ4n) is 6.71. The third-order valence-electron chi connectivity index (χ3n) is 9.16. The van der Waals surface area contributed by atoms with E-state index >= 15 is 0 Å². The van der Waals surface area contributed by atoms with E-state index in [1.54, 1.807) is 22.7 Å². The fourth-order valence-corrected chi connectivity index (χ4v) is 8.96. The molecule has 6 heteroatoms. The molecule has 0 bridgehead atoms. The molecule has 0 atom stereocenters. The average Bonchev–Trinajstić information content (AvgIpc) is 3.79. The number of rotatable bonds is 5. The molecule has 3 aromatic heterocycles. The summed E-state index contributed by atoms with van der Waals surface area (Å²) in [5.41, 5.74) is 7.14. The van der Waals surface area contributed by atoms with Gasteiger partial charge in [-0.2, -0.15) is 0 Å². The summed E-state index contributed by atoms with van der Waals surface area (Å²) in [6.07, 6.45) is 0. The third-order valence-corrected chi connectivity index (χ3v) is 11.3. The van der Waals surface area contributed by atoms with Gasteiger partial charge in [-0.15, -0.1) is 22.7 Å². The van der Waals surface area contributed by atoms with Crippen LogP contribution in [0.3, 0.4) is 0 Å². The Kier molecular flexibility index (Phi) is 6.82. The summed E-state index contributed by atoms with van der Waals surface area (Å²) in [6, 6.07) is 55.0. The Balaban J connectivity index is 1.20. The molecule has 0 unspecified atom stereocenters. The van der Waals surface area contributed by atoms with Crippen LogP contribution in [-0.4, -0.2) is 19.9 Å². The smallest absolute Gasteiger partial charge is 0.167 e. The Hall–Kier alpha value is -6.08. The number of thiazole rings is 1. The first-order valence-corrected chi connectivity index (χ1v) is 18.1. The lowest BCUT2D eigenvalue weighted by atomic mass is 10.00. The van der Waals surface area contributed by atoms with Gasteiger partial charge in [0.2, 0.25) is 0 Å². The van der Waals surface area contributed by atoms with Crippen molar-refractivity contribution in [1.29, 1.82) is 0 Å². The van der Waals surface area contributed by atoms with Gasteiger partial charge >= 0.3 is 0 Å². The van der Waals surface area contributed by atoms with Gasteiger partial charge in [0.25, 0.3) is 0 Å². The number of hydrogen-bond donors (Lipinski definition) is 0. The molecule has 50 heavy (non-hydrogen) atoms. The third kappa shape index (κ3) is 4.96. The van der Waals surface area contributed by atoms with Crippen LogP contribution in [0.2, 0.25) is 0 Å². The zero-order valence-electron chi connectivity index (χ0n) is 26.6. The minimum atomic E-state index is 0.622. The summed E-state index contributed by atoms with van der Waals surface area (Å²) >= 11 is 3.51.